The third-order valence-electron chi connectivity index (χ3n) is 3.08. The summed E-state index contributed by atoms with van der Waals surface area (Å²) in [6.45, 7) is 6.43. The van der Waals surface area contributed by atoms with Gasteiger partial charge in [-0.2, -0.15) is 0 Å². The number of hydrogen-bond acceptors (Lipinski definition) is 4. The average Bonchev–Trinajstić information content (AvgIpc) is 2.40. The van der Waals surface area contributed by atoms with Crippen LogP contribution < -0.4 is 10.5 Å². The van der Waals surface area contributed by atoms with Gasteiger partial charge in [0.1, 0.15) is 5.75 Å². The van der Waals surface area contributed by atoms with Crippen LogP contribution in [0.1, 0.15) is 19.4 Å². The molecule has 112 valence electrons. The predicted octanol–water partition coefficient (Wildman–Crippen LogP) is 1.58. The van der Waals surface area contributed by atoms with E-state index >= 15 is 0 Å². The second-order valence-corrected chi connectivity index (χ2v) is 4.89. The molecule has 0 aliphatic rings. The van der Waals surface area contributed by atoms with E-state index in [9.17, 15) is 4.79 Å². The molecule has 0 radical (unpaired) electrons. The van der Waals surface area contributed by atoms with Gasteiger partial charge in [-0.15, -0.1) is 0 Å². The predicted molar refractivity (Wildman–Crippen MR) is 81.7 cm³/mol. The molecule has 0 saturated heterocycles. The molecular weight excluding hydrogens is 254 g/mol. The summed E-state index contributed by atoms with van der Waals surface area (Å²) in [5.74, 6) is 0.922. The van der Waals surface area contributed by atoms with Crippen LogP contribution in [0.4, 0.5) is 5.69 Å². The third-order valence-corrected chi connectivity index (χ3v) is 3.08. The minimum atomic E-state index is 0.0914. The first-order valence-corrected chi connectivity index (χ1v) is 6.91. The normalized spacial score (nSPS) is 10.7. The highest BCUT2D eigenvalue weighted by Crippen LogP contribution is 2.23. The lowest BCUT2D eigenvalue weighted by atomic mass is 10.1. The average molecular weight is 279 g/mol. The molecule has 0 heterocycles. The highest BCUT2D eigenvalue weighted by atomic mass is 16.5. The van der Waals surface area contributed by atoms with E-state index in [0.29, 0.717) is 25.4 Å². The van der Waals surface area contributed by atoms with Crippen molar-refractivity contribution in [2.24, 2.45) is 0 Å². The fourth-order valence-corrected chi connectivity index (χ4v) is 1.87. The molecule has 2 N–H and O–H groups in total. The van der Waals surface area contributed by atoms with Gasteiger partial charge in [-0.1, -0.05) is 6.92 Å². The third kappa shape index (κ3) is 4.74. The van der Waals surface area contributed by atoms with E-state index in [4.69, 9.17) is 10.5 Å². The molecule has 0 aromatic heterocycles. The monoisotopic (exact) mass is 279 g/mol. The lowest BCUT2D eigenvalue weighted by Gasteiger charge is -2.23. The Bertz CT molecular complexity index is 447. The van der Waals surface area contributed by atoms with Gasteiger partial charge in [0.15, 0.2) is 0 Å². The number of carbonyl (C=O) groups excluding carboxylic acids is 1. The second kappa shape index (κ2) is 7.75. The maximum atomic E-state index is 11.8. The van der Waals surface area contributed by atoms with Gasteiger partial charge in [0.25, 0.3) is 0 Å². The number of ether oxygens (including phenoxy) is 1. The van der Waals surface area contributed by atoms with Crippen molar-refractivity contribution < 1.29 is 9.53 Å². The number of nitrogens with two attached hydrogens (primary N) is 1. The van der Waals surface area contributed by atoms with Crippen LogP contribution in [0.15, 0.2) is 18.2 Å². The van der Waals surface area contributed by atoms with E-state index in [2.05, 4.69) is 4.90 Å². The molecular formula is C15H25N3O2. The van der Waals surface area contributed by atoms with Gasteiger partial charge in [-0.05, 0) is 31.7 Å². The first kappa shape index (κ1) is 16.3. The van der Waals surface area contributed by atoms with Gasteiger partial charge in [-0.3, -0.25) is 9.69 Å². The van der Waals surface area contributed by atoms with Crippen LogP contribution >= 0.6 is 0 Å². The Morgan fingerprint density at radius 3 is 2.55 bits per heavy atom. The van der Waals surface area contributed by atoms with E-state index in [1.54, 1.807) is 19.0 Å². The Labute approximate surface area is 121 Å². The van der Waals surface area contributed by atoms with Gasteiger partial charge < -0.3 is 15.4 Å². The number of nitrogen functional groups attached to an aromatic ring is 1. The number of likely N-dealkylation sites (N-methyl/N-ethyl adjacent to an activating group) is 2. The summed E-state index contributed by atoms with van der Waals surface area (Å²) in [5, 5.41) is 0. The fraction of sp³-hybridized carbons (Fsp3) is 0.533. The zero-order chi connectivity index (χ0) is 15.1. The number of benzene rings is 1. The summed E-state index contributed by atoms with van der Waals surface area (Å²) < 4.78 is 5.61. The van der Waals surface area contributed by atoms with E-state index in [-0.39, 0.29) is 5.91 Å². The molecule has 5 heteroatoms. The van der Waals surface area contributed by atoms with E-state index in [0.717, 1.165) is 17.9 Å². The molecule has 0 spiro atoms. The van der Waals surface area contributed by atoms with Crippen molar-refractivity contribution in [2.75, 3.05) is 39.5 Å². The number of carbonyl (C=O) groups is 1. The van der Waals surface area contributed by atoms with Crippen molar-refractivity contribution in [3.63, 3.8) is 0 Å². The Morgan fingerprint density at radius 2 is 2.00 bits per heavy atom. The highest BCUT2D eigenvalue weighted by Gasteiger charge is 2.13. The molecule has 0 aliphatic carbocycles. The van der Waals surface area contributed by atoms with Gasteiger partial charge in [-0.25, -0.2) is 0 Å². The van der Waals surface area contributed by atoms with E-state index in [1.807, 2.05) is 32.0 Å². The van der Waals surface area contributed by atoms with Crippen molar-refractivity contribution in [1.82, 2.24) is 9.80 Å². The van der Waals surface area contributed by atoms with Gasteiger partial charge in [0.05, 0.1) is 13.2 Å². The zero-order valence-corrected chi connectivity index (χ0v) is 12.8. The summed E-state index contributed by atoms with van der Waals surface area (Å²) >= 11 is 0. The number of anilines is 1. The maximum absolute atomic E-state index is 11.8. The largest absolute Gasteiger partial charge is 0.494 e. The molecule has 20 heavy (non-hydrogen) atoms. The molecule has 5 nitrogen and oxygen atoms in total. The molecule has 1 aromatic carbocycles. The van der Waals surface area contributed by atoms with Crippen LogP contribution in [0.25, 0.3) is 0 Å². The Morgan fingerprint density at radius 1 is 1.30 bits per heavy atom. The summed E-state index contributed by atoms with van der Waals surface area (Å²) in [5.41, 5.74) is 7.56. The minimum absolute atomic E-state index is 0.0914. The number of nitrogens with zero attached hydrogens (tertiary/aromatic N) is 2. The highest BCUT2D eigenvalue weighted by molar-refractivity contribution is 5.77. The SMILES string of the molecule is CCOc1ccc(N)cc1CN(CC)CC(=O)N(C)C. The molecule has 0 saturated carbocycles. The van der Waals surface area contributed by atoms with Crippen LogP contribution in [0, 0.1) is 0 Å². The minimum Gasteiger partial charge on any atom is -0.494 e. The molecule has 1 rings (SSSR count). The van der Waals surface area contributed by atoms with Crippen LogP contribution in [0.3, 0.4) is 0 Å². The van der Waals surface area contributed by atoms with Crippen molar-refractivity contribution in [3.05, 3.63) is 23.8 Å². The lowest BCUT2D eigenvalue weighted by molar-refractivity contribution is -0.130. The molecule has 0 unspecified atom stereocenters. The second-order valence-electron chi connectivity index (χ2n) is 4.89. The summed E-state index contributed by atoms with van der Waals surface area (Å²) in [4.78, 5) is 15.5. The zero-order valence-electron chi connectivity index (χ0n) is 12.8. The smallest absolute Gasteiger partial charge is 0.236 e. The van der Waals surface area contributed by atoms with Crippen LogP contribution in [-0.4, -0.2) is 49.5 Å². The van der Waals surface area contributed by atoms with Crippen LogP contribution in [0.2, 0.25) is 0 Å². The lowest BCUT2D eigenvalue weighted by Crippen LogP contribution is -2.36. The summed E-state index contributed by atoms with van der Waals surface area (Å²) in [6.07, 6.45) is 0. The van der Waals surface area contributed by atoms with Gasteiger partial charge in [0, 0.05) is 31.9 Å². The van der Waals surface area contributed by atoms with Crippen LogP contribution in [-0.2, 0) is 11.3 Å². The maximum Gasteiger partial charge on any atom is 0.236 e. The standard InChI is InChI=1S/C15H25N3O2/c1-5-18(11-15(19)17(3)4)10-12-9-13(16)7-8-14(12)20-6-2/h7-9H,5-6,10-11,16H2,1-4H3. The Kier molecular flexibility index (Phi) is 6.31. The summed E-state index contributed by atoms with van der Waals surface area (Å²) in [7, 11) is 3.53. The quantitative estimate of drug-likeness (QED) is 0.770. The Balaban J connectivity index is 2.83. The number of amides is 1. The van der Waals surface area contributed by atoms with Crippen LogP contribution in [0.5, 0.6) is 5.75 Å². The first-order valence-electron chi connectivity index (χ1n) is 6.91. The Hall–Kier alpha value is -1.75. The van der Waals surface area contributed by atoms with Gasteiger partial charge >= 0.3 is 0 Å². The molecule has 1 amide bonds. The molecule has 1 aromatic rings. The first-order chi connectivity index (χ1) is 9.47. The molecule has 0 bridgehead atoms. The van der Waals surface area contributed by atoms with E-state index < -0.39 is 0 Å². The number of rotatable bonds is 7. The molecule has 0 aliphatic heterocycles. The van der Waals surface area contributed by atoms with E-state index in [1.165, 1.54) is 0 Å². The van der Waals surface area contributed by atoms with Crippen molar-refractivity contribution >= 4 is 11.6 Å². The summed E-state index contributed by atoms with van der Waals surface area (Å²) in [6, 6.07) is 5.62. The molecule has 0 atom stereocenters. The number of hydrogen-bond donors (Lipinski definition) is 1. The topological polar surface area (TPSA) is 58.8 Å². The van der Waals surface area contributed by atoms with Gasteiger partial charge in [0.2, 0.25) is 5.91 Å². The van der Waals surface area contributed by atoms with Crippen molar-refractivity contribution in [2.45, 2.75) is 20.4 Å². The van der Waals surface area contributed by atoms with Crippen molar-refractivity contribution in [3.8, 4) is 5.75 Å². The fourth-order valence-electron chi connectivity index (χ4n) is 1.87. The molecule has 0 fully saturated rings. The van der Waals surface area contributed by atoms with Crippen molar-refractivity contribution in [1.29, 1.82) is 0 Å².